The third-order valence-electron chi connectivity index (χ3n) is 3.38. The van der Waals surface area contributed by atoms with E-state index in [4.69, 9.17) is 18.0 Å². The number of thiocarbonyl (C=S) groups is 1. The average Bonchev–Trinajstić information content (AvgIpc) is 2.38. The van der Waals surface area contributed by atoms with E-state index in [9.17, 15) is 4.39 Å². The van der Waals surface area contributed by atoms with Crippen molar-refractivity contribution in [2.45, 2.75) is 6.92 Å². The normalized spacial score (nSPS) is 16.4. The largest absolute Gasteiger partial charge is 0.376 e. The van der Waals surface area contributed by atoms with Gasteiger partial charge in [0.05, 0.1) is 5.69 Å². The van der Waals surface area contributed by atoms with Crippen molar-refractivity contribution in [3.63, 3.8) is 0 Å². The molecule has 1 aliphatic rings. The standard InChI is InChI=1S/C13H19FN4S/c1-2-17-5-7-18(8-6-17)12-4-3-10(9-11(12)14)16-13(15)19/h3-4,9H,2,5-8H2,1H3,(H3,15,16,19). The number of hydrogen-bond acceptors (Lipinski definition) is 3. The van der Waals surface area contributed by atoms with Crippen molar-refractivity contribution >= 4 is 28.7 Å². The minimum atomic E-state index is -0.244. The minimum absolute atomic E-state index is 0.142. The molecule has 0 bridgehead atoms. The zero-order valence-electron chi connectivity index (χ0n) is 11.0. The van der Waals surface area contributed by atoms with Gasteiger partial charge >= 0.3 is 0 Å². The van der Waals surface area contributed by atoms with E-state index in [1.807, 2.05) is 0 Å². The second-order valence-electron chi connectivity index (χ2n) is 4.58. The number of nitrogens with zero attached hydrogens (tertiary/aromatic N) is 2. The van der Waals surface area contributed by atoms with Gasteiger partial charge in [-0.05, 0) is 37.0 Å². The maximum absolute atomic E-state index is 14.1. The fourth-order valence-electron chi connectivity index (χ4n) is 2.29. The zero-order chi connectivity index (χ0) is 13.8. The molecule has 1 fully saturated rings. The quantitative estimate of drug-likeness (QED) is 0.825. The van der Waals surface area contributed by atoms with Gasteiger partial charge in [0.2, 0.25) is 0 Å². The number of nitrogens with one attached hydrogen (secondary N) is 1. The monoisotopic (exact) mass is 282 g/mol. The summed E-state index contributed by atoms with van der Waals surface area (Å²) in [5.74, 6) is -0.244. The van der Waals surface area contributed by atoms with Crippen molar-refractivity contribution in [1.82, 2.24) is 4.90 Å². The van der Waals surface area contributed by atoms with Gasteiger partial charge in [0.1, 0.15) is 5.82 Å². The van der Waals surface area contributed by atoms with Crippen molar-refractivity contribution in [2.75, 3.05) is 42.9 Å². The second-order valence-corrected chi connectivity index (χ2v) is 5.02. The molecule has 1 aromatic rings. The van der Waals surface area contributed by atoms with E-state index in [1.54, 1.807) is 12.1 Å². The molecule has 2 rings (SSSR count). The number of nitrogens with two attached hydrogens (primary N) is 1. The topological polar surface area (TPSA) is 44.5 Å². The Morgan fingerprint density at radius 2 is 2.05 bits per heavy atom. The van der Waals surface area contributed by atoms with Gasteiger partial charge in [0, 0.05) is 31.9 Å². The lowest BCUT2D eigenvalue weighted by molar-refractivity contribution is 0.270. The highest BCUT2D eigenvalue weighted by molar-refractivity contribution is 7.80. The van der Waals surface area contributed by atoms with E-state index >= 15 is 0 Å². The molecule has 0 spiro atoms. The highest BCUT2D eigenvalue weighted by Crippen LogP contribution is 2.23. The number of anilines is 2. The predicted molar refractivity (Wildman–Crippen MR) is 81.1 cm³/mol. The van der Waals surface area contributed by atoms with Crippen LogP contribution in [0.5, 0.6) is 0 Å². The lowest BCUT2D eigenvalue weighted by Gasteiger charge is -2.35. The van der Waals surface area contributed by atoms with Crippen molar-refractivity contribution < 1.29 is 4.39 Å². The van der Waals surface area contributed by atoms with E-state index in [0.717, 1.165) is 32.7 Å². The van der Waals surface area contributed by atoms with Gasteiger partial charge in [0.15, 0.2) is 5.11 Å². The van der Waals surface area contributed by atoms with Crippen LogP contribution in [0, 0.1) is 5.82 Å². The third kappa shape index (κ3) is 3.54. The van der Waals surface area contributed by atoms with E-state index < -0.39 is 0 Å². The molecular weight excluding hydrogens is 263 g/mol. The summed E-state index contributed by atoms with van der Waals surface area (Å²) in [6.45, 7) is 6.85. The van der Waals surface area contributed by atoms with E-state index in [2.05, 4.69) is 22.0 Å². The van der Waals surface area contributed by atoms with E-state index in [0.29, 0.717) is 11.4 Å². The molecule has 0 saturated carbocycles. The van der Waals surface area contributed by atoms with Crippen LogP contribution in [0.3, 0.4) is 0 Å². The molecule has 1 aliphatic heterocycles. The van der Waals surface area contributed by atoms with Gasteiger partial charge < -0.3 is 20.9 Å². The van der Waals surface area contributed by atoms with Gasteiger partial charge in [-0.2, -0.15) is 0 Å². The lowest BCUT2D eigenvalue weighted by Crippen LogP contribution is -2.46. The van der Waals surface area contributed by atoms with Crippen LogP contribution in [-0.2, 0) is 0 Å². The molecular formula is C13H19FN4S. The number of piperazine rings is 1. The summed E-state index contributed by atoms with van der Waals surface area (Å²) in [6.07, 6.45) is 0. The van der Waals surface area contributed by atoms with Crippen molar-refractivity contribution in [3.05, 3.63) is 24.0 Å². The molecule has 0 aliphatic carbocycles. The van der Waals surface area contributed by atoms with Crippen LogP contribution in [0.1, 0.15) is 6.92 Å². The van der Waals surface area contributed by atoms with Gasteiger partial charge in [-0.1, -0.05) is 6.92 Å². The molecule has 1 aromatic carbocycles. The van der Waals surface area contributed by atoms with Crippen molar-refractivity contribution in [1.29, 1.82) is 0 Å². The summed E-state index contributed by atoms with van der Waals surface area (Å²) in [5.41, 5.74) is 6.59. The van der Waals surface area contributed by atoms with E-state index in [1.165, 1.54) is 6.07 Å². The first-order valence-electron chi connectivity index (χ1n) is 6.43. The highest BCUT2D eigenvalue weighted by atomic mass is 32.1. The summed E-state index contributed by atoms with van der Waals surface area (Å²) >= 11 is 4.73. The first-order valence-corrected chi connectivity index (χ1v) is 6.84. The Balaban J connectivity index is 2.07. The Morgan fingerprint density at radius 1 is 1.37 bits per heavy atom. The van der Waals surface area contributed by atoms with Gasteiger partial charge in [0.25, 0.3) is 0 Å². The maximum atomic E-state index is 14.1. The van der Waals surface area contributed by atoms with Crippen LogP contribution in [0.15, 0.2) is 18.2 Å². The number of benzene rings is 1. The van der Waals surface area contributed by atoms with Crippen LogP contribution in [0.25, 0.3) is 0 Å². The molecule has 0 amide bonds. The van der Waals surface area contributed by atoms with Gasteiger partial charge in [-0.15, -0.1) is 0 Å². The number of rotatable bonds is 3. The highest BCUT2D eigenvalue weighted by Gasteiger charge is 2.18. The summed E-state index contributed by atoms with van der Waals surface area (Å²) in [6, 6.07) is 5.00. The molecule has 6 heteroatoms. The molecule has 1 saturated heterocycles. The summed E-state index contributed by atoms with van der Waals surface area (Å²) in [4.78, 5) is 4.43. The summed E-state index contributed by atoms with van der Waals surface area (Å²) < 4.78 is 14.1. The number of halogens is 1. The molecule has 4 nitrogen and oxygen atoms in total. The Kier molecular flexibility index (Phi) is 4.55. The fraction of sp³-hybridized carbons (Fsp3) is 0.462. The molecule has 1 heterocycles. The lowest BCUT2D eigenvalue weighted by atomic mass is 10.2. The zero-order valence-corrected chi connectivity index (χ0v) is 11.8. The number of likely N-dealkylation sites (N-methyl/N-ethyl adjacent to an activating group) is 1. The molecule has 19 heavy (non-hydrogen) atoms. The summed E-state index contributed by atoms with van der Waals surface area (Å²) in [7, 11) is 0. The molecule has 104 valence electrons. The predicted octanol–water partition coefficient (Wildman–Crippen LogP) is 1.62. The van der Waals surface area contributed by atoms with Gasteiger partial charge in [-0.25, -0.2) is 4.39 Å². The molecule has 0 radical (unpaired) electrons. The SMILES string of the molecule is CCN1CCN(c2ccc(NC(N)=S)cc2F)CC1. The van der Waals surface area contributed by atoms with Crippen molar-refractivity contribution in [2.24, 2.45) is 5.73 Å². The minimum Gasteiger partial charge on any atom is -0.376 e. The summed E-state index contributed by atoms with van der Waals surface area (Å²) in [5, 5.41) is 2.88. The Hall–Kier alpha value is -1.40. The Bertz CT molecular complexity index is 458. The Labute approximate surface area is 118 Å². The third-order valence-corrected chi connectivity index (χ3v) is 3.48. The van der Waals surface area contributed by atoms with Crippen LogP contribution in [0.2, 0.25) is 0 Å². The first kappa shape index (κ1) is 14.0. The molecule has 0 atom stereocenters. The first-order chi connectivity index (χ1) is 9.10. The molecule has 3 N–H and O–H groups in total. The van der Waals surface area contributed by atoms with Crippen LogP contribution in [-0.4, -0.2) is 42.7 Å². The number of hydrogen-bond donors (Lipinski definition) is 2. The maximum Gasteiger partial charge on any atom is 0.168 e. The van der Waals surface area contributed by atoms with Crippen LogP contribution >= 0.6 is 12.2 Å². The Morgan fingerprint density at radius 3 is 2.58 bits per heavy atom. The molecule has 0 aromatic heterocycles. The average molecular weight is 282 g/mol. The fourth-order valence-corrected chi connectivity index (χ4v) is 2.41. The van der Waals surface area contributed by atoms with Crippen molar-refractivity contribution in [3.8, 4) is 0 Å². The second kappa shape index (κ2) is 6.16. The molecule has 0 unspecified atom stereocenters. The van der Waals surface area contributed by atoms with Crippen LogP contribution < -0.4 is 16.0 Å². The van der Waals surface area contributed by atoms with Gasteiger partial charge in [-0.3, -0.25) is 0 Å². The van der Waals surface area contributed by atoms with Crippen LogP contribution in [0.4, 0.5) is 15.8 Å². The van der Waals surface area contributed by atoms with E-state index in [-0.39, 0.29) is 10.9 Å². The smallest absolute Gasteiger partial charge is 0.168 e.